The second-order valence-corrected chi connectivity index (χ2v) is 3.67. The molecule has 0 aliphatic rings. The number of nitrogens with one attached hydrogen (secondary N) is 1. The van der Waals surface area contributed by atoms with E-state index in [4.69, 9.17) is 9.47 Å². The number of pyridine rings is 1. The number of rotatable bonds is 6. The molecule has 0 radical (unpaired) electrons. The van der Waals surface area contributed by atoms with Crippen LogP contribution in [0.5, 0.6) is 0 Å². The van der Waals surface area contributed by atoms with Gasteiger partial charge in [0.15, 0.2) is 6.29 Å². The molecule has 0 saturated carbocycles. The van der Waals surface area contributed by atoms with E-state index in [1.807, 2.05) is 38.1 Å². The first-order valence-electron chi connectivity index (χ1n) is 6.05. The van der Waals surface area contributed by atoms with Gasteiger partial charge in [-0.1, -0.05) is 6.07 Å². The van der Waals surface area contributed by atoms with Crippen molar-refractivity contribution in [3.63, 3.8) is 0 Å². The number of ether oxygens (including phenoxy) is 2. The van der Waals surface area contributed by atoms with Gasteiger partial charge in [-0.3, -0.25) is 10.1 Å². The van der Waals surface area contributed by atoms with Crippen molar-refractivity contribution in [2.45, 2.75) is 20.1 Å². The third kappa shape index (κ3) is 2.94. The molecule has 0 aromatic carbocycles. The molecule has 18 heavy (non-hydrogen) atoms. The highest BCUT2D eigenvalue weighted by Crippen LogP contribution is 2.21. The van der Waals surface area contributed by atoms with E-state index >= 15 is 0 Å². The average molecular weight is 247 g/mol. The second kappa shape index (κ2) is 6.28. The summed E-state index contributed by atoms with van der Waals surface area (Å²) in [6, 6.07) is 7.62. The standard InChI is InChI=1S/C13H17N3O2/c1-3-17-13(18-4-2)12-9-11(15-16-12)10-7-5-6-8-14-10/h5-9,13H,3-4H2,1-2H3,(H,15,16). The average Bonchev–Trinajstić information content (AvgIpc) is 2.89. The van der Waals surface area contributed by atoms with E-state index in [1.165, 1.54) is 0 Å². The minimum Gasteiger partial charge on any atom is -0.347 e. The van der Waals surface area contributed by atoms with Crippen molar-refractivity contribution in [1.29, 1.82) is 0 Å². The van der Waals surface area contributed by atoms with Gasteiger partial charge >= 0.3 is 0 Å². The topological polar surface area (TPSA) is 60.0 Å². The lowest BCUT2D eigenvalue weighted by molar-refractivity contribution is -0.142. The molecule has 0 unspecified atom stereocenters. The monoisotopic (exact) mass is 247 g/mol. The van der Waals surface area contributed by atoms with Crippen molar-refractivity contribution >= 4 is 0 Å². The summed E-state index contributed by atoms with van der Waals surface area (Å²) in [5.74, 6) is 0. The Hall–Kier alpha value is -1.72. The Bertz CT molecular complexity index is 464. The van der Waals surface area contributed by atoms with E-state index in [-0.39, 0.29) is 0 Å². The van der Waals surface area contributed by atoms with Crippen molar-refractivity contribution in [1.82, 2.24) is 15.2 Å². The lowest BCUT2D eigenvalue weighted by atomic mass is 10.2. The molecule has 96 valence electrons. The quantitative estimate of drug-likeness (QED) is 0.797. The van der Waals surface area contributed by atoms with Crippen LogP contribution in [-0.2, 0) is 9.47 Å². The van der Waals surface area contributed by atoms with Crippen molar-refractivity contribution in [2.75, 3.05) is 13.2 Å². The number of hydrogen-bond donors (Lipinski definition) is 1. The van der Waals surface area contributed by atoms with Gasteiger partial charge in [-0.05, 0) is 32.0 Å². The Morgan fingerprint density at radius 1 is 1.17 bits per heavy atom. The molecule has 0 amide bonds. The Morgan fingerprint density at radius 2 is 1.94 bits per heavy atom. The highest BCUT2D eigenvalue weighted by molar-refractivity contribution is 5.53. The van der Waals surface area contributed by atoms with Crippen molar-refractivity contribution < 1.29 is 9.47 Å². The van der Waals surface area contributed by atoms with Crippen molar-refractivity contribution in [3.05, 3.63) is 36.2 Å². The number of hydrogen-bond acceptors (Lipinski definition) is 4. The van der Waals surface area contributed by atoms with Gasteiger partial charge in [-0.15, -0.1) is 0 Å². The van der Waals surface area contributed by atoms with Crippen molar-refractivity contribution in [2.24, 2.45) is 0 Å². The van der Waals surface area contributed by atoms with E-state index < -0.39 is 6.29 Å². The summed E-state index contributed by atoms with van der Waals surface area (Å²) in [5, 5.41) is 7.16. The van der Waals surface area contributed by atoms with Gasteiger partial charge in [-0.25, -0.2) is 0 Å². The lowest BCUT2D eigenvalue weighted by Gasteiger charge is -2.14. The summed E-state index contributed by atoms with van der Waals surface area (Å²) in [4.78, 5) is 4.25. The summed E-state index contributed by atoms with van der Waals surface area (Å²) < 4.78 is 11.0. The summed E-state index contributed by atoms with van der Waals surface area (Å²) in [6.07, 6.45) is 1.34. The van der Waals surface area contributed by atoms with Crippen LogP contribution >= 0.6 is 0 Å². The molecular formula is C13H17N3O2. The number of H-pyrrole nitrogens is 1. The smallest absolute Gasteiger partial charge is 0.200 e. The zero-order valence-electron chi connectivity index (χ0n) is 10.6. The van der Waals surface area contributed by atoms with Crippen LogP contribution in [0.4, 0.5) is 0 Å². The fourth-order valence-electron chi connectivity index (χ4n) is 1.63. The Balaban J connectivity index is 2.18. The van der Waals surface area contributed by atoms with Gasteiger partial charge in [-0.2, -0.15) is 5.10 Å². The molecule has 2 heterocycles. The first-order valence-corrected chi connectivity index (χ1v) is 6.05. The summed E-state index contributed by atoms with van der Waals surface area (Å²) in [7, 11) is 0. The van der Waals surface area contributed by atoms with E-state index in [1.54, 1.807) is 6.20 Å². The van der Waals surface area contributed by atoms with E-state index in [0.717, 1.165) is 17.1 Å². The molecule has 0 aliphatic carbocycles. The fourth-order valence-corrected chi connectivity index (χ4v) is 1.63. The molecule has 5 nitrogen and oxygen atoms in total. The van der Waals surface area contributed by atoms with Crippen LogP contribution in [0.15, 0.2) is 30.5 Å². The van der Waals surface area contributed by atoms with Gasteiger partial charge in [0.1, 0.15) is 5.69 Å². The normalized spacial score (nSPS) is 11.1. The van der Waals surface area contributed by atoms with Crippen molar-refractivity contribution in [3.8, 4) is 11.4 Å². The zero-order valence-corrected chi connectivity index (χ0v) is 10.6. The molecule has 2 aromatic heterocycles. The Labute approximate surface area is 106 Å². The minimum absolute atomic E-state index is 0.398. The first-order chi connectivity index (χ1) is 8.85. The van der Waals surface area contributed by atoms with Crippen LogP contribution in [-0.4, -0.2) is 28.4 Å². The van der Waals surface area contributed by atoms with E-state index in [9.17, 15) is 0 Å². The molecule has 0 bridgehead atoms. The maximum absolute atomic E-state index is 5.50. The second-order valence-electron chi connectivity index (χ2n) is 3.67. The third-order valence-electron chi connectivity index (χ3n) is 2.42. The lowest BCUT2D eigenvalue weighted by Crippen LogP contribution is -2.09. The van der Waals surface area contributed by atoms with Crippen LogP contribution in [0.25, 0.3) is 11.4 Å². The van der Waals surface area contributed by atoms with Gasteiger partial charge in [0, 0.05) is 19.4 Å². The molecule has 0 aliphatic heterocycles. The van der Waals surface area contributed by atoms with E-state index in [0.29, 0.717) is 13.2 Å². The number of aromatic nitrogens is 3. The highest BCUT2D eigenvalue weighted by atomic mass is 16.7. The molecule has 0 spiro atoms. The molecule has 2 rings (SSSR count). The molecular weight excluding hydrogens is 230 g/mol. The Morgan fingerprint density at radius 3 is 2.56 bits per heavy atom. The molecule has 0 saturated heterocycles. The van der Waals surface area contributed by atoms with E-state index in [2.05, 4.69) is 15.2 Å². The van der Waals surface area contributed by atoms with Gasteiger partial charge in [0.2, 0.25) is 0 Å². The predicted molar refractivity (Wildman–Crippen MR) is 67.8 cm³/mol. The van der Waals surface area contributed by atoms with Gasteiger partial charge in [0.05, 0.1) is 11.4 Å². The van der Waals surface area contributed by atoms with Crippen LogP contribution in [0.1, 0.15) is 25.8 Å². The third-order valence-corrected chi connectivity index (χ3v) is 2.42. The zero-order chi connectivity index (χ0) is 12.8. The maximum atomic E-state index is 5.50. The highest BCUT2D eigenvalue weighted by Gasteiger charge is 2.15. The molecule has 1 N–H and O–H groups in total. The SMILES string of the molecule is CCOC(OCC)c1cc(-c2ccccn2)n[nH]1. The molecule has 0 atom stereocenters. The molecule has 0 fully saturated rings. The molecule has 5 heteroatoms. The fraction of sp³-hybridized carbons (Fsp3) is 0.385. The summed E-state index contributed by atoms with van der Waals surface area (Å²) in [5.41, 5.74) is 2.42. The van der Waals surface area contributed by atoms with Crippen LogP contribution in [0.3, 0.4) is 0 Å². The molecule has 2 aromatic rings. The van der Waals surface area contributed by atoms with Gasteiger partial charge < -0.3 is 9.47 Å². The number of nitrogens with zero attached hydrogens (tertiary/aromatic N) is 2. The first kappa shape index (κ1) is 12.7. The van der Waals surface area contributed by atoms with Crippen LogP contribution in [0, 0.1) is 0 Å². The van der Waals surface area contributed by atoms with Gasteiger partial charge in [0.25, 0.3) is 0 Å². The minimum atomic E-state index is -0.398. The largest absolute Gasteiger partial charge is 0.347 e. The predicted octanol–water partition coefficient (Wildman–Crippen LogP) is 2.54. The summed E-state index contributed by atoms with van der Waals surface area (Å²) >= 11 is 0. The number of aromatic amines is 1. The maximum Gasteiger partial charge on any atom is 0.200 e. The summed E-state index contributed by atoms with van der Waals surface area (Å²) in [6.45, 7) is 5.04. The van der Waals surface area contributed by atoms with Crippen LogP contribution < -0.4 is 0 Å². The Kier molecular flexibility index (Phi) is 4.44. The van der Waals surface area contributed by atoms with Crippen LogP contribution in [0.2, 0.25) is 0 Å².